The van der Waals surface area contributed by atoms with E-state index in [1.54, 1.807) is 12.1 Å². The molecule has 1 fully saturated rings. The minimum atomic E-state index is -1.40. The summed E-state index contributed by atoms with van der Waals surface area (Å²) in [5.41, 5.74) is 3.18. The summed E-state index contributed by atoms with van der Waals surface area (Å²) in [6, 6.07) is 12.9. The first-order valence-electron chi connectivity index (χ1n) is 10.1. The minimum Gasteiger partial charge on any atom is -0.488 e. The van der Waals surface area contributed by atoms with Gasteiger partial charge in [-0.05, 0) is 48.2 Å². The third kappa shape index (κ3) is 5.78. The topological polar surface area (TPSA) is 110 Å². The van der Waals surface area contributed by atoms with Crippen LogP contribution in [0.5, 0.6) is 5.75 Å². The largest absolute Gasteiger partial charge is 0.488 e. The fourth-order valence-electron chi connectivity index (χ4n) is 3.52. The molecule has 0 saturated carbocycles. The molecule has 0 amide bonds. The van der Waals surface area contributed by atoms with Crippen LogP contribution in [0.2, 0.25) is 5.02 Å². The summed E-state index contributed by atoms with van der Waals surface area (Å²) in [4.78, 5) is 4.71. The van der Waals surface area contributed by atoms with E-state index in [9.17, 15) is 15.3 Å². The van der Waals surface area contributed by atoms with Crippen molar-refractivity contribution >= 4 is 17.3 Å². The van der Waals surface area contributed by atoms with Crippen molar-refractivity contribution in [2.45, 2.75) is 44.1 Å². The van der Waals surface area contributed by atoms with Crippen molar-refractivity contribution in [2.24, 2.45) is 5.16 Å². The van der Waals surface area contributed by atoms with E-state index in [1.165, 1.54) is 14.2 Å². The van der Waals surface area contributed by atoms with E-state index in [0.717, 1.165) is 16.8 Å². The van der Waals surface area contributed by atoms with Gasteiger partial charge in [0.15, 0.2) is 6.29 Å². The number of aliphatic hydroxyl groups excluding tert-OH is 3. The number of nitrogens with zero attached hydrogens (tertiary/aromatic N) is 1. The van der Waals surface area contributed by atoms with E-state index in [2.05, 4.69) is 5.16 Å². The Kier molecular flexibility index (Phi) is 8.47. The molecule has 2 aromatic carbocycles. The second kappa shape index (κ2) is 11.1. The molecule has 3 N–H and O–H groups in total. The molecular formula is C23H28ClNO7. The highest BCUT2D eigenvalue weighted by Crippen LogP contribution is 2.34. The molecule has 1 saturated heterocycles. The van der Waals surface area contributed by atoms with Gasteiger partial charge in [0.2, 0.25) is 0 Å². The van der Waals surface area contributed by atoms with Crippen LogP contribution in [0, 0.1) is 0 Å². The quantitative estimate of drug-likeness (QED) is 0.405. The highest BCUT2D eigenvalue weighted by molar-refractivity contribution is 6.31. The normalized spacial score (nSPS) is 26.1. The summed E-state index contributed by atoms with van der Waals surface area (Å²) in [6.45, 7) is 2.14. The van der Waals surface area contributed by atoms with Crippen molar-refractivity contribution in [3.63, 3.8) is 0 Å². The number of halogens is 1. The average Bonchev–Trinajstić information content (AvgIpc) is 2.79. The fourth-order valence-corrected chi connectivity index (χ4v) is 3.70. The van der Waals surface area contributed by atoms with E-state index in [-0.39, 0.29) is 0 Å². The molecule has 2 aromatic rings. The third-order valence-corrected chi connectivity index (χ3v) is 5.58. The van der Waals surface area contributed by atoms with Crippen LogP contribution in [0.25, 0.3) is 0 Å². The number of aliphatic hydroxyl groups is 3. The average molecular weight is 466 g/mol. The Bertz CT molecular complexity index is 919. The van der Waals surface area contributed by atoms with Crippen molar-refractivity contribution in [1.82, 2.24) is 0 Å². The van der Waals surface area contributed by atoms with Gasteiger partial charge in [0.05, 0.1) is 5.71 Å². The van der Waals surface area contributed by atoms with Gasteiger partial charge in [-0.3, -0.25) is 0 Å². The predicted molar refractivity (Wildman–Crippen MR) is 119 cm³/mol. The number of ether oxygens (including phenoxy) is 3. The van der Waals surface area contributed by atoms with Crippen LogP contribution in [-0.4, -0.2) is 66.5 Å². The second-order valence-electron chi connectivity index (χ2n) is 7.60. The molecule has 3 rings (SSSR count). The van der Waals surface area contributed by atoms with Gasteiger partial charge < -0.3 is 34.4 Å². The lowest BCUT2D eigenvalue weighted by Crippen LogP contribution is -2.54. The Balaban J connectivity index is 1.73. The maximum absolute atomic E-state index is 10.4. The Morgan fingerprint density at radius 2 is 1.75 bits per heavy atom. The zero-order valence-electron chi connectivity index (χ0n) is 18.1. The van der Waals surface area contributed by atoms with Crippen LogP contribution in [0.3, 0.4) is 0 Å². The summed E-state index contributed by atoms with van der Waals surface area (Å²) in [5.74, 6) is 0.705. The van der Waals surface area contributed by atoms with Crippen molar-refractivity contribution in [3.8, 4) is 5.75 Å². The van der Waals surface area contributed by atoms with Crippen LogP contribution in [-0.2, 0) is 20.7 Å². The Labute approximate surface area is 191 Å². The molecule has 0 aliphatic carbocycles. The smallest absolute Gasteiger partial charge is 0.186 e. The molecule has 9 heteroatoms. The Morgan fingerprint density at radius 3 is 2.41 bits per heavy atom. The summed E-state index contributed by atoms with van der Waals surface area (Å²) in [6.07, 6.45) is -5.44. The molecule has 0 radical (unpaired) electrons. The fraction of sp³-hybridized carbons (Fsp3) is 0.435. The SMILES string of the molecule is CON=C(C)COc1ccc(Cc2cc(C3O[C@H](OC)[C@@H](O)[C@H](O)[C@H]3O)ccc2Cl)cc1. The molecule has 1 unspecified atom stereocenters. The zero-order chi connectivity index (χ0) is 23.3. The molecule has 1 aliphatic heterocycles. The molecule has 8 nitrogen and oxygen atoms in total. The van der Waals surface area contributed by atoms with Crippen LogP contribution < -0.4 is 4.74 Å². The molecular weight excluding hydrogens is 438 g/mol. The maximum atomic E-state index is 10.4. The van der Waals surface area contributed by atoms with E-state index < -0.39 is 30.7 Å². The highest BCUT2D eigenvalue weighted by atomic mass is 35.5. The number of benzene rings is 2. The van der Waals surface area contributed by atoms with E-state index in [1.807, 2.05) is 37.3 Å². The van der Waals surface area contributed by atoms with Gasteiger partial charge in [-0.1, -0.05) is 41.0 Å². The molecule has 174 valence electrons. The van der Waals surface area contributed by atoms with Crippen molar-refractivity contribution in [2.75, 3.05) is 20.8 Å². The number of rotatable bonds is 8. The Hall–Kier alpha value is -2.20. The minimum absolute atomic E-state index is 0.327. The van der Waals surface area contributed by atoms with E-state index in [4.69, 9.17) is 30.6 Å². The van der Waals surface area contributed by atoms with E-state index >= 15 is 0 Å². The number of hydrogen-bond donors (Lipinski definition) is 3. The van der Waals surface area contributed by atoms with Gasteiger partial charge in [-0.2, -0.15) is 0 Å². The van der Waals surface area contributed by atoms with Crippen LogP contribution in [0.1, 0.15) is 29.7 Å². The summed E-state index contributed by atoms with van der Waals surface area (Å²) in [7, 11) is 2.85. The second-order valence-corrected chi connectivity index (χ2v) is 8.01. The molecule has 32 heavy (non-hydrogen) atoms. The first-order valence-corrected chi connectivity index (χ1v) is 10.5. The van der Waals surface area contributed by atoms with Gasteiger partial charge in [0.25, 0.3) is 0 Å². The van der Waals surface area contributed by atoms with Crippen molar-refractivity contribution < 1.29 is 34.4 Å². The first kappa shape index (κ1) is 24.4. The standard InChI is InChI=1S/C23H28ClNO7/c1-13(25-30-3)12-31-17-7-4-14(5-8-17)10-16-11-15(6-9-18(16)24)22-20(27)19(26)21(28)23(29-2)32-22/h4-9,11,19-23,26-28H,10,12H2,1-3H3/t19-,20-,21+,22?,23+/m1/s1. The first-order chi connectivity index (χ1) is 15.3. The lowest BCUT2D eigenvalue weighted by atomic mass is 9.92. The van der Waals surface area contributed by atoms with Gasteiger partial charge in [-0.25, -0.2) is 0 Å². The van der Waals surface area contributed by atoms with Gasteiger partial charge in [-0.15, -0.1) is 0 Å². The van der Waals surface area contributed by atoms with Crippen LogP contribution in [0.15, 0.2) is 47.6 Å². The highest BCUT2D eigenvalue weighted by Gasteiger charge is 2.44. The summed E-state index contributed by atoms with van der Waals surface area (Å²) >= 11 is 6.41. The molecule has 1 heterocycles. The molecule has 0 spiro atoms. The maximum Gasteiger partial charge on any atom is 0.186 e. The third-order valence-electron chi connectivity index (χ3n) is 5.21. The van der Waals surface area contributed by atoms with Crippen molar-refractivity contribution in [1.29, 1.82) is 0 Å². The summed E-state index contributed by atoms with van der Waals surface area (Å²) in [5, 5.41) is 34.9. The zero-order valence-corrected chi connectivity index (χ0v) is 18.9. The van der Waals surface area contributed by atoms with Crippen LogP contribution >= 0.6 is 11.6 Å². The molecule has 1 aliphatic rings. The number of methoxy groups -OCH3 is 1. The number of oxime groups is 1. The number of hydrogen-bond acceptors (Lipinski definition) is 8. The molecule has 0 bridgehead atoms. The monoisotopic (exact) mass is 465 g/mol. The van der Waals surface area contributed by atoms with Crippen LogP contribution in [0.4, 0.5) is 0 Å². The van der Waals surface area contributed by atoms with E-state index in [0.29, 0.717) is 29.4 Å². The molecule has 5 atom stereocenters. The molecule has 0 aromatic heterocycles. The predicted octanol–water partition coefficient (Wildman–Crippen LogP) is 2.46. The van der Waals surface area contributed by atoms with Crippen molar-refractivity contribution in [3.05, 3.63) is 64.2 Å². The lowest BCUT2D eigenvalue weighted by Gasteiger charge is -2.40. The van der Waals surface area contributed by atoms with Gasteiger partial charge in [0.1, 0.15) is 43.9 Å². The lowest BCUT2D eigenvalue weighted by molar-refractivity contribution is -0.292. The van der Waals surface area contributed by atoms with Gasteiger partial charge in [0, 0.05) is 12.1 Å². The summed E-state index contributed by atoms with van der Waals surface area (Å²) < 4.78 is 16.4. The van der Waals surface area contributed by atoms with Gasteiger partial charge >= 0.3 is 0 Å². The Morgan fingerprint density at radius 1 is 1.03 bits per heavy atom.